The van der Waals surface area contributed by atoms with Gasteiger partial charge in [-0.05, 0) is 30.3 Å². The van der Waals surface area contributed by atoms with Crippen molar-refractivity contribution in [1.82, 2.24) is 5.43 Å². The smallest absolute Gasteiger partial charge is 0.271 e. The van der Waals surface area contributed by atoms with Gasteiger partial charge in [-0.1, -0.05) is 59.6 Å². The first-order valence-electron chi connectivity index (χ1n) is 9.28. The van der Waals surface area contributed by atoms with Crippen LogP contribution >= 0.6 is 23.2 Å². The van der Waals surface area contributed by atoms with Crippen molar-refractivity contribution < 1.29 is 18.1 Å². The molecule has 1 N–H and O–H groups in total. The first-order chi connectivity index (χ1) is 15.7. The zero-order valence-electron chi connectivity index (χ0n) is 16.8. The minimum atomic E-state index is -4.31. The van der Waals surface area contributed by atoms with E-state index in [0.29, 0.717) is 19.9 Å². The van der Waals surface area contributed by atoms with Gasteiger partial charge >= 0.3 is 0 Å². The van der Waals surface area contributed by atoms with Crippen LogP contribution in [0.3, 0.4) is 0 Å². The average Bonchev–Trinajstić information content (AvgIpc) is 2.79. The van der Waals surface area contributed by atoms with E-state index in [1.165, 1.54) is 54.7 Å². The molecule has 1 amide bonds. The van der Waals surface area contributed by atoms with Gasteiger partial charge in [0, 0.05) is 16.7 Å². The number of benzene rings is 3. The largest absolute Gasteiger partial charge is 0.293 e. The number of amides is 1. The van der Waals surface area contributed by atoms with Gasteiger partial charge in [0.05, 0.1) is 21.1 Å². The molecule has 0 aromatic heterocycles. The molecule has 3 aromatic rings. The van der Waals surface area contributed by atoms with E-state index >= 15 is 0 Å². The van der Waals surface area contributed by atoms with Crippen molar-refractivity contribution in [2.75, 3.05) is 10.8 Å². The molecule has 3 rings (SSSR count). The molecule has 0 radical (unpaired) electrons. The van der Waals surface area contributed by atoms with Gasteiger partial charge in [0.2, 0.25) is 0 Å². The van der Waals surface area contributed by atoms with Gasteiger partial charge in [0.1, 0.15) is 12.2 Å². The number of hydrazone groups is 1. The summed E-state index contributed by atoms with van der Waals surface area (Å²) in [6.07, 6.45) is 1.26. The van der Waals surface area contributed by atoms with Crippen LogP contribution in [0.1, 0.15) is 5.56 Å². The van der Waals surface area contributed by atoms with E-state index < -0.39 is 33.1 Å². The van der Waals surface area contributed by atoms with Crippen molar-refractivity contribution >= 4 is 56.7 Å². The lowest BCUT2D eigenvalue weighted by Crippen LogP contribution is -2.39. The highest BCUT2D eigenvalue weighted by Gasteiger charge is 2.31. The Labute approximate surface area is 199 Å². The molecule has 33 heavy (non-hydrogen) atoms. The second-order valence-electron chi connectivity index (χ2n) is 6.53. The average molecular weight is 507 g/mol. The third-order valence-electron chi connectivity index (χ3n) is 4.32. The summed E-state index contributed by atoms with van der Waals surface area (Å²) >= 11 is 11.9. The summed E-state index contributed by atoms with van der Waals surface area (Å²) in [5.74, 6) is -0.825. The Bertz CT molecular complexity index is 1320. The summed E-state index contributed by atoms with van der Waals surface area (Å²) in [6.45, 7) is -0.756. The molecule has 0 heterocycles. The van der Waals surface area contributed by atoms with Gasteiger partial charge in [-0.2, -0.15) is 5.10 Å². The molecule has 3 aromatic carbocycles. The number of rotatable bonds is 8. The Morgan fingerprint density at radius 2 is 1.73 bits per heavy atom. The van der Waals surface area contributed by atoms with Crippen molar-refractivity contribution in [3.05, 3.63) is 98.5 Å². The molecule has 0 atom stereocenters. The molecule has 0 saturated heterocycles. The molecule has 0 spiro atoms. The van der Waals surface area contributed by atoms with Crippen LogP contribution in [-0.4, -0.2) is 32.0 Å². The van der Waals surface area contributed by atoms with Crippen LogP contribution < -0.4 is 9.73 Å². The maximum atomic E-state index is 13.3. The lowest BCUT2D eigenvalue weighted by molar-refractivity contribution is -0.384. The van der Waals surface area contributed by atoms with Gasteiger partial charge in [0.15, 0.2) is 0 Å². The van der Waals surface area contributed by atoms with Gasteiger partial charge in [-0.25, -0.2) is 18.1 Å². The van der Waals surface area contributed by atoms with Crippen molar-refractivity contribution in [2.24, 2.45) is 5.10 Å². The second-order valence-corrected chi connectivity index (χ2v) is 9.24. The topological polar surface area (TPSA) is 122 Å². The number of nitro groups is 1. The summed E-state index contributed by atoms with van der Waals surface area (Å²) in [5.41, 5.74) is 1.95. The highest BCUT2D eigenvalue weighted by Crippen LogP contribution is 2.31. The minimum Gasteiger partial charge on any atom is -0.271 e. The number of hydrogen-bond donors (Lipinski definition) is 1. The molecule has 0 aliphatic rings. The van der Waals surface area contributed by atoms with Crippen LogP contribution in [0.25, 0.3) is 0 Å². The lowest BCUT2D eigenvalue weighted by atomic mass is 10.2. The molecule has 170 valence electrons. The van der Waals surface area contributed by atoms with Crippen LogP contribution in [0, 0.1) is 10.1 Å². The summed E-state index contributed by atoms with van der Waals surface area (Å²) in [6, 6.07) is 17.2. The van der Waals surface area contributed by atoms with Crippen LogP contribution in [0.5, 0.6) is 0 Å². The highest BCUT2D eigenvalue weighted by atomic mass is 35.5. The molecule has 12 heteroatoms. The summed E-state index contributed by atoms with van der Waals surface area (Å²) in [5, 5.41) is 16.0. The van der Waals surface area contributed by atoms with E-state index in [1.807, 2.05) is 0 Å². The molecule has 9 nitrogen and oxygen atoms in total. The second kappa shape index (κ2) is 10.4. The molecule has 0 bridgehead atoms. The predicted octanol–water partition coefficient (Wildman–Crippen LogP) is 4.25. The quantitative estimate of drug-likeness (QED) is 0.278. The highest BCUT2D eigenvalue weighted by molar-refractivity contribution is 7.92. The summed E-state index contributed by atoms with van der Waals surface area (Å²) in [4.78, 5) is 23.2. The Balaban J connectivity index is 1.91. The van der Waals surface area contributed by atoms with E-state index in [0.717, 1.165) is 6.07 Å². The summed E-state index contributed by atoms with van der Waals surface area (Å²) < 4.78 is 27.2. The van der Waals surface area contributed by atoms with Crippen LogP contribution in [-0.2, 0) is 14.8 Å². The number of nitrogens with one attached hydrogen (secondary N) is 1. The van der Waals surface area contributed by atoms with Gasteiger partial charge in [0.25, 0.3) is 21.6 Å². The predicted molar refractivity (Wildman–Crippen MR) is 126 cm³/mol. The van der Waals surface area contributed by atoms with E-state index in [2.05, 4.69) is 10.5 Å². The number of halogens is 2. The van der Waals surface area contributed by atoms with Crippen molar-refractivity contribution in [2.45, 2.75) is 4.90 Å². The molecular weight excluding hydrogens is 491 g/mol. The van der Waals surface area contributed by atoms with Crippen molar-refractivity contribution in [3.63, 3.8) is 0 Å². The van der Waals surface area contributed by atoms with Crippen LogP contribution in [0.15, 0.2) is 82.8 Å². The third kappa shape index (κ3) is 5.86. The zero-order valence-corrected chi connectivity index (χ0v) is 19.1. The SMILES string of the molecule is O=C(CN(c1ccccc1[N+](=O)[O-])S(=O)(=O)c1ccccc1)N/N=C\c1ccc(Cl)cc1Cl. The van der Waals surface area contributed by atoms with Crippen molar-refractivity contribution in [3.8, 4) is 0 Å². The van der Waals surface area contributed by atoms with Gasteiger partial charge in [-0.15, -0.1) is 0 Å². The van der Waals surface area contributed by atoms with Crippen molar-refractivity contribution in [1.29, 1.82) is 0 Å². The number of sulfonamides is 1. The number of carbonyl (C=O) groups is 1. The molecule has 0 fully saturated rings. The molecule has 0 aliphatic carbocycles. The Morgan fingerprint density at radius 1 is 1.06 bits per heavy atom. The Hall–Kier alpha value is -3.47. The van der Waals surface area contributed by atoms with Gasteiger partial charge in [-0.3, -0.25) is 14.9 Å². The van der Waals surface area contributed by atoms with E-state index in [4.69, 9.17) is 23.2 Å². The number of hydrogen-bond acceptors (Lipinski definition) is 6. The monoisotopic (exact) mass is 506 g/mol. The number of nitro benzene ring substituents is 1. The van der Waals surface area contributed by atoms with E-state index in [-0.39, 0.29) is 10.6 Å². The zero-order chi connectivity index (χ0) is 24.0. The molecular formula is C21H16Cl2N4O5S. The van der Waals surface area contributed by atoms with Crippen LogP contribution in [0.2, 0.25) is 10.0 Å². The number of carbonyl (C=O) groups excluding carboxylic acids is 1. The maximum Gasteiger partial charge on any atom is 0.293 e. The fourth-order valence-corrected chi connectivity index (χ4v) is 4.71. The minimum absolute atomic E-state index is 0.132. The Kier molecular flexibility index (Phi) is 7.64. The lowest BCUT2D eigenvalue weighted by Gasteiger charge is -2.23. The third-order valence-corrected chi connectivity index (χ3v) is 6.66. The molecule has 0 saturated carbocycles. The fraction of sp³-hybridized carbons (Fsp3) is 0.0476. The first kappa shape index (κ1) is 24.2. The van der Waals surface area contributed by atoms with Crippen LogP contribution in [0.4, 0.5) is 11.4 Å². The van der Waals surface area contributed by atoms with E-state index in [1.54, 1.807) is 18.2 Å². The molecule has 0 unspecified atom stereocenters. The number of para-hydroxylation sites is 2. The fourth-order valence-electron chi connectivity index (χ4n) is 2.79. The normalized spacial score (nSPS) is 11.3. The standard InChI is InChI=1S/C21H16Cl2N4O5S/c22-16-11-10-15(18(23)12-16)13-24-25-21(28)14-26(19-8-4-5-9-20(19)27(29)30)33(31,32)17-6-2-1-3-7-17/h1-13H,14H2,(H,25,28)/b24-13-. The number of anilines is 1. The van der Waals surface area contributed by atoms with Gasteiger partial charge < -0.3 is 0 Å². The Morgan fingerprint density at radius 3 is 2.39 bits per heavy atom. The maximum absolute atomic E-state index is 13.3. The summed E-state index contributed by atoms with van der Waals surface area (Å²) in [7, 11) is -4.31. The first-order valence-corrected chi connectivity index (χ1v) is 11.5. The number of nitrogens with zero attached hydrogens (tertiary/aromatic N) is 3. The van der Waals surface area contributed by atoms with E-state index in [9.17, 15) is 23.3 Å². The molecule has 0 aliphatic heterocycles.